The standard InChI is InChI=1S/C10H7NO4S/c11-16(14,15)9-5-8(12)10(13)7-4-2-1-3-6(7)9/h1-5H,(H2,11,14,15). The quantitative estimate of drug-likeness (QED) is 0.700. The molecule has 0 radical (unpaired) electrons. The van der Waals surface area contributed by atoms with Crippen LogP contribution < -0.4 is 5.14 Å². The molecular formula is C10H7NO4S. The number of ketones is 2. The maximum absolute atomic E-state index is 11.5. The van der Waals surface area contributed by atoms with Crippen LogP contribution in [0.2, 0.25) is 0 Å². The van der Waals surface area contributed by atoms with Gasteiger partial charge in [0.1, 0.15) is 0 Å². The number of carbonyl (C=O) groups excluding carboxylic acids is 2. The van der Waals surface area contributed by atoms with E-state index in [1.165, 1.54) is 12.1 Å². The monoisotopic (exact) mass is 237 g/mol. The molecule has 0 saturated carbocycles. The van der Waals surface area contributed by atoms with E-state index < -0.39 is 21.6 Å². The van der Waals surface area contributed by atoms with Gasteiger partial charge in [0.2, 0.25) is 21.6 Å². The lowest BCUT2D eigenvalue weighted by Crippen LogP contribution is -2.24. The number of hydrogen-bond acceptors (Lipinski definition) is 4. The van der Waals surface area contributed by atoms with Crippen LogP contribution in [-0.4, -0.2) is 20.0 Å². The van der Waals surface area contributed by atoms with E-state index in [0.717, 1.165) is 6.08 Å². The van der Waals surface area contributed by atoms with Crippen LogP contribution in [0, 0.1) is 0 Å². The number of primary sulfonamides is 1. The van der Waals surface area contributed by atoms with Crippen LogP contribution in [0.4, 0.5) is 0 Å². The Bertz CT molecular complexity index is 628. The minimum absolute atomic E-state index is 0.0685. The van der Waals surface area contributed by atoms with Gasteiger partial charge in [-0.3, -0.25) is 9.59 Å². The zero-order chi connectivity index (χ0) is 11.9. The van der Waals surface area contributed by atoms with E-state index in [-0.39, 0.29) is 16.0 Å². The zero-order valence-electron chi connectivity index (χ0n) is 8.01. The minimum atomic E-state index is -4.01. The molecule has 0 amide bonds. The number of fused-ring (bicyclic) bond motifs is 1. The number of Topliss-reactive ketones (excluding diaryl/α,β-unsaturated/α-hetero) is 1. The summed E-state index contributed by atoms with van der Waals surface area (Å²) < 4.78 is 22.5. The normalized spacial score (nSPS) is 15.7. The van der Waals surface area contributed by atoms with E-state index in [1.54, 1.807) is 12.1 Å². The van der Waals surface area contributed by atoms with Crippen molar-refractivity contribution in [2.75, 3.05) is 0 Å². The van der Waals surface area contributed by atoms with Crippen molar-refractivity contribution in [2.45, 2.75) is 0 Å². The lowest BCUT2D eigenvalue weighted by molar-refractivity contribution is -0.110. The predicted octanol–water partition coefficient (Wildman–Crippen LogP) is 0.0814. The van der Waals surface area contributed by atoms with E-state index in [1.807, 2.05) is 0 Å². The largest absolute Gasteiger partial charge is 0.286 e. The van der Waals surface area contributed by atoms with E-state index >= 15 is 0 Å². The molecule has 0 bridgehead atoms. The first-order valence-corrected chi connectivity index (χ1v) is 5.88. The molecule has 0 heterocycles. The Morgan fingerprint density at radius 3 is 2.12 bits per heavy atom. The third-order valence-corrected chi connectivity index (χ3v) is 3.18. The van der Waals surface area contributed by atoms with Crippen molar-refractivity contribution in [3.05, 3.63) is 41.5 Å². The highest BCUT2D eigenvalue weighted by Gasteiger charge is 2.29. The first-order chi connectivity index (χ1) is 7.41. The second kappa shape index (κ2) is 3.36. The molecule has 0 aliphatic heterocycles. The van der Waals surface area contributed by atoms with Gasteiger partial charge >= 0.3 is 0 Å². The Labute approximate surface area is 91.6 Å². The summed E-state index contributed by atoms with van der Waals surface area (Å²) in [6, 6.07) is 5.96. The predicted molar refractivity (Wildman–Crippen MR) is 56.9 cm³/mol. The molecule has 16 heavy (non-hydrogen) atoms. The topological polar surface area (TPSA) is 94.3 Å². The lowest BCUT2D eigenvalue weighted by atomic mass is 9.95. The molecule has 1 aromatic rings. The highest BCUT2D eigenvalue weighted by atomic mass is 32.2. The van der Waals surface area contributed by atoms with Crippen LogP contribution in [0.3, 0.4) is 0 Å². The maximum atomic E-state index is 11.5. The van der Waals surface area contributed by atoms with Crippen LogP contribution >= 0.6 is 0 Å². The SMILES string of the molecule is NS(=O)(=O)C1=CC(=O)C(=O)c2ccccc21. The first kappa shape index (κ1) is 10.7. The molecule has 0 unspecified atom stereocenters. The minimum Gasteiger partial charge on any atom is -0.286 e. The second-order valence-corrected chi connectivity index (χ2v) is 4.82. The number of rotatable bonds is 1. The molecule has 1 aliphatic rings. The van der Waals surface area contributed by atoms with Gasteiger partial charge in [0.05, 0.1) is 4.91 Å². The van der Waals surface area contributed by atoms with Gasteiger partial charge in [-0.1, -0.05) is 24.3 Å². The molecule has 5 nitrogen and oxygen atoms in total. The van der Waals surface area contributed by atoms with Gasteiger partial charge in [-0.05, 0) is 0 Å². The van der Waals surface area contributed by atoms with Crippen molar-refractivity contribution in [1.82, 2.24) is 0 Å². The number of allylic oxidation sites excluding steroid dienone is 1. The molecule has 2 rings (SSSR count). The first-order valence-electron chi connectivity index (χ1n) is 4.34. The Morgan fingerprint density at radius 2 is 1.56 bits per heavy atom. The fourth-order valence-corrected chi connectivity index (χ4v) is 2.28. The second-order valence-electron chi connectivity index (χ2n) is 3.29. The molecule has 0 spiro atoms. The number of nitrogens with two attached hydrogens (primary N) is 1. The summed E-state index contributed by atoms with van der Waals surface area (Å²) in [5, 5.41) is 4.97. The summed E-state index contributed by atoms with van der Waals surface area (Å²) >= 11 is 0. The van der Waals surface area contributed by atoms with Crippen LogP contribution in [0.5, 0.6) is 0 Å². The Morgan fingerprint density at radius 1 is 1.00 bits per heavy atom. The molecule has 1 aliphatic carbocycles. The van der Waals surface area contributed by atoms with Crippen LogP contribution in [-0.2, 0) is 14.8 Å². The van der Waals surface area contributed by atoms with E-state index in [9.17, 15) is 18.0 Å². The van der Waals surface area contributed by atoms with Crippen molar-refractivity contribution in [3.63, 3.8) is 0 Å². The number of carbonyl (C=O) groups is 2. The van der Waals surface area contributed by atoms with Gasteiger partial charge in [0.25, 0.3) is 0 Å². The van der Waals surface area contributed by atoms with Crippen molar-refractivity contribution in [2.24, 2.45) is 5.14 Å². The third kappa shape index (κ3) is 1.58. The fraction of sp³-hybridized carbons (Fsp3) is 0. The summed E-state index contributed by atoms with van der Waals surface area (Å²) in [5.41, 5.74) is 0.244. The summed E-state index contributed by atoms with van der Waals surface area (Å²) in [5.74, 6) is -1.59. The number of sulfonamides is 1. The molecular weight excluding hydrogens is 230 g/mol. The van der Waals surface area contributed by atoms with Crippen LogP contribution in [0.15, 0.2) is 30.3 Å². The molecule has 2 N–H and O–H groups in total. The van der Waals surface area contributed by atoms with Gasteiger partial charge in [0, 0.05) is 17.2 Å². The summed E-state index contributed by atoms with van der Waals surface area (Å²) in [6.45, 7) is 0. The summed E-state index contributed by atoms with van der Waals surface area (Å²) in [6.07, 6.45) is 0.764. The van der Waals surface area contributed by atoms with Gasteiger partial charge in [-0.2, -0.15) is 0 Å². The average Bonchev–Trinajstić information content (AvgIpc) is 2.22. The molecule has 6 heteroatoms. The Balaban J connectivity index is 2.80. The summed E-state index contributed by atoms with van der Waals surface area (Å²) in [7, 11) is -4.01. The lowest BCUT2D eigenvalue weighted by Gasteiger charge is -2.13. The smallest absolute Gasteiger partial charge is 0.238 e. The molecule has 1 aromatic carbocycles. The highest BCUT2D eigenvalue weighted by Crippen LogP contribution is 2.27. The third-order valence-electron chi connectivity index (χ3n) is 2.23. The van der Waals surface area contributed by atoms with Crippen molar-refractivity contribution in [3.8, 4) is 0 Å². The zero-order valence-corrected chi connectivity index (χ0v) is 8.82. The Hall–Kier alpha value is -1.79. The molecule has 0 saturated heterocycles. The van der Waals surface area contributed by atoms with Gasteiger partial charge in [0.15, 0.2) is 0 Å². The number of benzene rings is 1. The van der Waals surface area contributed by atoms with Crippen molar-refractivity contribution in [1.29, 1.82) is 0 Å². The summed E-state index contributed by atoms with van der Waals surface area (Å²) in [4.78, 5) is 22.4. The van der Waals surface area contributed by atoms with E-state index in [0.29, 0.717) is 0 Å². The Kier molecular flexibility index (Phi) is 2.25. The molecule has 0 fully saturated rings. The van der Waals surface area contributed by atoms with Gasteiger partial charge in [-0.15, -0.1) is 0 Å². The van der Waals surface area contributed by atoms with Crippen LogP contribution in [0.25, 0.3) is 4.91 Å². The van der Waals surface area contributed by atoms with E-state index in [4.69, 9.17) is 5.14 Å². The molecule has 0 atom stereocenters. The highest BCUT2D eigenvalue weighted by molar-refractivity contribution is 7.98. The van der Waals surface area contributed by atoms with E-state index in [2.05, 4.69) is 0 Å². The average molecular weight is 237 g/mol. The maximum Gasteiger partial charge on any atom is 0.238 e. The fourth-order valence-electron chi connectivity index (χ4n) is 1.53. The van der Waals surface area contributed by atoms with Crippen LogP contribution in [0.1, 0.15) is 15.9 Å². The number of hydrogen-bond donors (Lipinski definition) is 1. The van der Waals surface area contributed by atoms with Crippen molar-refractivity contribution < 1.29 is 18.0 Å². The van der Waals surface area contributed by atoms with Crippen molar-refractivity contribution >= 4 is 26.5 Å². The molecule has 82 valence electrons. The molecule has 0 aromatic heterocycles. The van der Waals surface area contributed by atoms with Gasteiger partial charge < -0.3 is 0 Å². The van der Waals surface area contributed by atoms with Gasteiger partial charge in [-0.25, -0.2) is 13.6 Å².